The van der Waals surface area contributed by atoms with Crippen molar-refractivity contribution in [3.05, 3.63) is 29.3 Å². The fourth-order valence-corrected chi connectivity index (χ4v) is 1.87. The zero-order valence-corrected chi connectivity index (χ0v) is 11.6. The maximum absolute atomic E-state index is 5.88. The second kappa shape index (κ2) is 5.69. The molecule has 0 atom stereocenters. The van der Waals surface area contributed by atoms with Gasteiger partial charge in [0.1, 0.15) is 17.5 Å². The maximum atomic E-state index is 5.88. The molecule has 0 saturated heterocycles. The lowest BCUT2D eigenvalue weighted by Gasteiger charge is -2.11. The Balaban J connectivity index is 2.03. The first-order valence-corrected chi connectivity index (χ1v) is 6.45. The van der Waals surface area contributed by atoms with Gasteiger partial charge in [-0.3, -0.25) is 4.68 Å². The minimum atomic E-state index is 0.551. The Morgan fingerprint density at radius 2 is 2.16 bits per heavy atom. The molecule has 0 saturated carbocycles. The molecule has 0 radical (unpaired) electrons. The standard InChI is InChI=1S/C13H20N6/c1-4-11-17-12(14)9(2)13(18-11)15-7-5-10-6-8-16-19(10)3/h6,8H,4-5,7H2,1-3H3,(H3,14,15,17,18). The van der Waals surface area contributed by atoms with E-state index in [1.807, 2.05) is 31.6 Å². The van der Waals surface area contributed by atoms with Crippen molar-refractivity contribution in [2.24, 2.45) is 7.05 Å². The van der Waals surface area contributed by atoms with E-state index in [-0.39, 0.29) is 0 Å². The molecule has 0 aromatic carbocycles. The molecule has 0 bridgehead atoms. The van der Waals surface area contributed by atoms with Gasteiger partial charge in [-0.1, -0.05) is 6.92 Å². The van der Waals surface area contributed by atoms with Gasteiger partial charge in [-0.15, -0.1) is 0 Å². The Labute approximate surface area is 113 Å². The van der Waals surface area contributed by atoms with Crippen LogP contribution in [0.25, 0.3) is 0 Å². The minimum absolute atomic E-state index is 0.551. The molecular formula is C13H20N6. The Morgan fingerprint density at radius 3 is 2.79 bits per heavy atom. The third-order valence-electron chi connectivity index (χ3n) is 3.14. The van der Waals surface area contributed by atoms with E-state index in [9.17, 15) is 0 Å². The maximum Gasteiger partial charge on any atom is 0.134 e. The van der Waals surface area contributed by atoms with Gasteiger partial charge in [0.25, 0.3) is 0 Å². The lowest BCUT2D eigenvalue weighted by molar-refractivity contribution is 0.710. The molecule has 2 aromatic rings. The molecule has 3 N–H and O–H groups in total. The van der Waals surface area contributed by atoms with E-state index in [4.69, 9.17) is 5.73 Å². The molecule has 6 heteroatoms. The number of nitrogens with zero attached hydrogens (tertiary/aromatic N) is 4. The molecule has 2 rings (SSSR count). The van der Waals surface area contributed by atoms with Crippen LogP contribution in [0.3, 0.4) is 0 Å². The fourth-order valence-electron chi connectivity index (χ4n) is 1.87. The zero-order chi connectivity index (χ0) is 13.8. The van der Waals surface area contributed by atoms with Gasteiger partial charge in [-0.25, -0.2) is 9.97 Å². The van der Waals surface area contributed by atoms with E-state index in [1.54, 1.807) is 6.20 Å². The number of nitrogens with two attached hydrogens (primary N) is 1. The number of aromatic nitrogens is 4. The second-order valence-electron chi connectivity index (χ2n) is 4.48. The lowest BCUT2D eigenvalue weighted by atomic mass is 10.2. The molecule has 0 amide bonds. The third kappa shape index (κ3) is 3.01. The van der Waals surface area contributed by atoms with Gasteiger partial charge in [0.15, 0.2) is 0 Å². The van der Waals surface area contributed by atoms with Crippen molar-refractivity contribution in [3.8, 4) is 0 Å². The summed E-state index contributed by atoms with van der Waals surface area (Å²) in [4.78, 5) is 8.70. The highest BCUT2D eigenvalue weighted by molar-refractivity contribution is 5.54. The largest absolute Gasteiger partial charge is 0.383 e. The van der Waals surface area contributed by atoms with Crippen molar-refractivity contribution in [3.63, 3.8) is 0 Å². The fraction of sp³-hybridized carbons (Fsp3) is 0.462. The van der Waals surface area contributed by atoms with Gasteiger partial charge in [-0.05, 0) is 13.0 Å². The van der Waals surface area contributed by atoms with E-state index in [1.165, 1.54) is 5.69 Å². The van der Waals surface area contributed by atoms with Gasteiger partial charge in [0.05, 0.1) is 0 Å². The zero-order valence-electron chi connectivity index (χ0n) is 11.6. The second-order valence-corrected chi connectivity index (χ2v) is 4.48. The smallest absolute Gasteiger partial charge is 0.134 e. The van der Waals surface area contributed by atoms with Gasteiger partial charge in [0, 0.05) is 43.9 Å². The van der Waals surface area contributed by atoms with Gasteiger partial charge < -0.3 is 11.1 Å². The molecule has 0 aliphatic rings. The number of nitrogens with one attached hydrogen (secondary N) is 1. The average Bonchev–Trinajstić information content (AvgIpc) is 2.80. The minimum Gasteiger partial charge on any atom is -0.383 e. The van der Waals surface area contributed by atoms with Crippen LogP contribution in [0.15, 0.2) is 12.3 Å². The van der Waals surface area contributed by atoms with Crippen LogP contribution in [0.4, 0.5) is 11.6 Å². The van der Waals surface area contributed by atoms with Gasteiger partial charge in [0.2, 0.25) is 0 Å². The number of hydrogen-bond acceptors (Lipinski definition) is 5. The molecular weight excluding hydrogens is 240 g/mol. The first kappa shape index (κ1) is 13.3. The van der Waals surface area contributed by atoms with E-state index >= 15 is 0 Å². The Kier molecular flexibility index (Phi) is 3.99. The van der Waals surface area contributed by atoms with Crippen LogP contribution in [-0.4, -0.2) is 26.3 Å². The summed E-state index contributed by atoms with van der Waals surface area (Å²) in [5, 5.41) is 7.47. The predicted molar refractivity (Wildman–Crippen MR) is 76.0 cm³/mol. The number of nitrogen functional groups attached to an aromatic ring is 1. The predicted octanol–water partition coefficient (Wildman–Crippen LogP) is 1.32. The normalized spacial score (nSPS) is 10.7. The van der Waals surface area contributed by atoms with E-state index in [0.717, 1.165) is 36.6 Å². The van der Waals surface area contributed by atoms with E-state index in [0.29, 0.717) is 5.82 Å². The molecule has 19 heavy (non-hydrogen) atoms. The summed E-state index contributed by atoms with van der Waals surface area (Å²) in [6.07, 6.45) is 3.47. The Hall–Kier alpha value is -2.11. The van der Waals surface area contributed by atoms with Crippen LogP contribution < -0.4 is 11.1 Å². The summed E-state index contributed by atoms with van der Waals surface area (Å²) >= 11 is 0. The van der Waals surface area contributed by atoms with Crippen LogP contribution in [-0.2, 0) is 19.9 Å². The lowest BCUT2D eigenvalue weighted by Crippen LogP contribution is -2.13. The monoisotopic (exact) mass is 260 g/mol. The van der Waals surface area contributed by atoms with Crippen LogP contribution in [0.1, 0.15) is 24.0 Å². The summed E-state index contributed by atoms with van der Waals surface area (Å²) in [5.74, 6) is 2.15. The van der Waals surface area contributed by atoms with Crippen LogP contribution in [0.5, 0.6) is 0 Å². The molecule has 2 aromatic heterocycles. The van der Waals surface area contributed by atoms with E-state index in [2.05, 4.69) is 20.4 Å². The molecule has 2 heterocycles. The molecule has 0 spiro atoms. The number of aryl methyl sites for hydroxylation is 2. The molecule has 0 fully saturated rings. The van der Waals surface area contributed by atoms with Crippen molar-refractivity contribution in [2.75, 3.05) is 17.6 Å². The molecule has 102 valence electrons. The first-order chi connectivity index (χ1) is 9.11. The summed E-state index contributed by atoms with van der Waals surface area (Å²) in [7, 11) is 1.94. The van der Waals surface area contributed by atoms with Crippen LogP contribution in [0.2, 0.25) is 0 Å². The number of hydrogen-bond donors (Lipinski definition) is 2. The molecule has 0 unspecified atom stereocenters. The van der Waals surface area contributed by atoms with Crippen LogP contribution in [0, 0.1) is 6.92 Å². The SMILES string of the molecule is CCc1nc(N)c(C)c(NCCc2ccnn2C)n1. The molecule has 0 aliphatic carbocycles. The highest BCUT2D eigenvalue weighted by atomic mass is 15.3. The number of anilines is 2. The highest BCUT2D eigenvalue weighted by Gasteiger charge is 2.07. The van der Waals surface area contributed by atoms with Crippen molar-refractivity contribution in [1.82, 2.24) is 19.7 Å². The van der Waals surface area contributed by atoms with Crippen molar-refractivity contribution < 1.29 is 0 Å². The van der Waals surface area contributed by atoms with E-state index < -0.39 is 0 Å². The summed E-state index contributed by atoms with van der Waals surface area (Å²) in [5.41, 5.74) is 7.97. The van der Waals surface area contributed by atoms with Crippen LogP contribution >= 0.6 is 0 Å². The quantitative estimate of drug-likeness (QED) is 0.847. The number of rotatable bonds is 5. The Bertz CT molecular complexity index is 560. The van der Waals surface area contributed by atoms with Crippen molar-refractivity contribution >= 4 is 11.6 Å². The summed E-state index contributed by atoms with van der Waals surface area (Å²) < 4.78 is 1.88. The molecule has 6 nitrogen and oxygen atoms in total. The first-order valence-electron chi connectivity index (χ1n) is 6.45. The molecule has 0 aliphatic heterocycles. The highest BCUT2D eigenvalue weighted by Crippen LogP contribution is 2.17. The summed E-state index contributed by atoms with van der Waals surface area (Å²) in [6.45, 7) is 4.74. The summed E-state index contributed by atoms with van der Waals surface area (Å²) in [6, 6.07) is 2.01. The van der Waals surface area contributed by atoms with Gasteiger partial charge >= 0.3 is 0 Å². The Morgan fingerprint density at radius 1 is 1.37 bits per heavy atom. The van der Waals surface area contributed by atoms with Gasteiger partial charge in [-0.2, -0.15) is 5.10 Å². The van der Waals surface area contributed by atoms with Crippen molar-refractivity contribution in [1.29, 1.82) is 0 Å². The topological polar surface area (TPSA) is 81.6 Å². The van der Waals surface area contributed by atoms with Crippen molar-refractivity contribution in [2.45, 2.75) is 26.7 Å². The average molecular weight is 260 g/mol. The third-order valence-corrected chi connectivity index (χ3v) is 3.14.